The van der Waals surface area contributed by atoms with Gasteiger partial charge >= 0.3 is 0 Å². The first-order valence-corrected chi connectivity index (χ1v) is 8.80. The minimum absolute atomic E-state index is 0.0661. The fourth-order valence-electron chi connectivity index (χ4n) is 2.79. The molecule has 7 heteroatoms. The quantitative estimate of drug-likeness (QED) is 0.781. The molecule has 1 aromatic heterocycles. The van der Waals surface area contributed by atoms with Crippen LogP contribution in [0.5, 0.6) is 0 Å². The number of aromatic nitrogens is 1. The molecule has 1 N–H and O–H groups in total. The first kappa shape index (κ1) is 18.5. The van der Waals surface area contributed by atoms with E-state index >= 15 is 0 Å². The Morgan fingerprint density at radius 1 is 1.23 bits per heavy atom. The van der Waals surface area contributed by atoms with Crippen LogP contribution in [0.4, 0.5) is 4.39 Å². The summed E-state index contributed by atoms with van der Waals surface area (Å²) < 4.78 is 28.9. The summed E-state index contributed by atoms with van der Waals surface area (Å²) >= 11 is 0. The van der Waals surface area contributed by atoms with Crippen molar-refractivity contribution in [1.82, 2.24) is 10.5 Å². The topological polar surface area (TPSA) is 73.6 Å². The van der Waals surface area contributed by atoms with Crippen molar-refractivity contribution in [3.63, 3.8) is 0 Å². The lowest BCUT2D eigenvalue weighted by Crippen LogP contribution is -2.33. The highest BCUT2D eigenvalue weighted by Gasteiger charge is 2.15. The van der Waals surface area contributed by atoms with Crippen molar-refractivity contribution in [2.75, 3.05) is 19.8 Å². The number of benzene rings is 1. The Labute approximate surface area is 151 Å². The fraction of sp³-hybridized carbons (Fsp3) is 0.474. The summed E-state index contributed by atoms with van der Waals surface area (Å²) in [5.41, 5.74) is 1.45. The van der Waals surface area contributed by atoms with Crippen LogP contribution >= 0.6 is 0 Å². The van der Waals surface area contributed by atoms with Crippen molar-refractivity contribution in [2.24, 2.45) is 5.92 Å². The zero-order chi connectivity index (χ0) is 18.2. The van der Waals surface area contributed by atoms with Crippen molar-refractivity contribution >= 4 is 5.91 Å². The molecule has 0 radical (unpaired) electrons. The van der Waals surface area contributed by atoms with Crippen molar-refractivity contribution < 1.29 is 23.2 Å². The average molecular weight is 362 g/mol. The Morgan fingerprint density at radius 2 is 2.00 bits per heavy atom. The van der Waals surface area contributed by atoms with Gasteiger partial charge in [0.1, 0.15) is 12.4 Å². The van der Waals surface area contributed by atoms with Crippen LogP contribution < -0.4 is 5.32 Å². The van der Waals surface area contributed by atoms with Crippen molar-refractivity contribution in [3.05, 3.63) is 53.2 Å². The molecule has 0 atom stereocenters. The fourth-order valence-corrected chi connectivity index (χ4v) is 2.79. The molecule has 2 aromatic rings. The lowest BCUT2D eigenvalue weighted by atomic mass is 10.0. The normalized spacial score (nSPS) is 15.1. The molecular weight excluding hydrogens is 339 g/mol. The predicted molar refractivity (Wildman–Crippen MR) is 91.7 cm³/mol. The summed E-state index contributed by atoms with van der Waals surface area (Å²) in [4.78, 5) is 12.0. The summed E-state index contributed by atoms with van der Waals surface area (Å²) in [5.74, 6) is 0.701. The van der Waals surface area contributed by atoms with Gasteiger partial charge in [0.2, 0.25) is 5.91 Å². The number of hydrogen-bond acceptors (Lipinski definition) is 5. The molecule has 0 saturated carbocycles. The van der Waals surface area contributed by atoms with Crippen LogP contribution in [0, 0.1) is 11.7 Å². The molecule has 26 heavy (non-hydrogen) atoms. The largest absolute Gasteiger partial charge is 0.381 e. The monoisotopic (exact) mass is 362 g/mol. The molecule has 6 nitrogen and oxygen atoms in total. The minimum atomic E-state index is -0.274. The first-order chi connectivity index (χ1) is 12.7. The van der Waals surface area contributed by atoms with Gasteiger partial charge in [-0.15, -0.1) is 0 Å². The van der Waals surface area contributed by atoms with Crippen LogP contribution in [-0.2, 0) is 33.9 Å². The summed E-state index contributed by atoms with van der Waals surface area (Å²) in [5, 5.41) is 6.84. The molecular formula is C19H23FN2O4. The molecule has 0 unspecified atom stereocenters. The molecule has 0 bridgehead atoms. The van der Waals surface area contributed by atoms with E-state index in [1.807, 2.05) is 0 Å². The first-order valence-electron chi connectivity index (χ1n) is 8.80. The molecule has 1 saturated heterocycles. The van der Waals surface area contributed by atoms with E-state index in [1.165, 1.54) is 12.1 Å². The molecule has 1 aliphatic heterocycles. The Morgan fingerprint density at radius 3 is 2.77 bits per heavy atom. The van der Waals surface area contributed by atoms with Gasteiger partial charge in [0.15, 0.2) is 5.76 Å². The lowest BCUT2D eigenvalue weighted by Gasteiger charge is -2.21. The summed E-state index contributed by atoms with van der Waals surface area (Å²) in [6.07, 6.45) is 2.16. The third-order valence-electron chi connectivity index (χ3n) is 4.30. The Balaban J connectivity index is 1.36. The Kier molecular flexibility index (Phi) is 6.74. The van der Waals surface area contributed by atoms with Gasteiger partial charge in [-0.1, -0.05) is 17.3 Å². The van der Waals surface area contributed by atoms with Crippen LogP contribution in [0.1, 0.15) is 29.9 Å². The van der Waals surface area contributed by atoms with Gasteiger partial charge in [-0.2, -0.15) is 0 Å². The molecule has 1 amide bonds. The second-order valence-electron chi connectivity index (χ2n) is 6.44. The maximum absolute atomic E-state index is 12.8. The second-order valence-corrected chi connectivity index (χ2v) is 6.44. The highest BCUT2D eigenvalue weighted by atomic mass is 19.1. The van der Waals surface area contributed by atoms with Gasteiger partial charge in [0.25, 0.3) is 0 Å². The number of carbonyl (C=O) groups is 1. The SMILES string of the molecule is O=C(Cc1cc(COCc2ccc(F)cc2)on1)NCC1CCOCC1. The number of nitrogens with one attached hydrogen (secondary N) is 1. The molecule has 1 aromatic carbocycles. The standard InChI is InChI=1S/C19H23FN2O4/c20-16-3-1-15(2-4-16)12-25-13-18-9-17(22-26-18)10-19(23)21-11-14-5-7-24-8-6-14/h1-4,9,14H,5-8,10-13H2,(H,21,23). The third kappa shape index (κ3) is 5.93. The van der Waals surface area contributed by atoms with Crippen molar-refractivity contribution in [3.8, 4) is 0 Å². The lowest BCUT2D eigenvalue weighted by molar-refractivity contribution is -0.120. The van der Waals surface area contributed by atoms with Gasteiger partial charge < -0.3 is 19.3 Å². The molecule has 1 aliphatic rings. The number of hydrogen-bond donors (Lipinski definition) is 1. The van der Waals surface area contributed by atoms with Gasteiger partial charge in [-0.3, -0.25) is 4.79 Å². The predicted octanol–water partition coefficient (Wildman–Crippen LogP) is 2.62. The van der Waals surface area contributed by atoms with E-state index in [-0.39, 0.29) is 24.8 Å². The van der Waals surface area contributed by atoms with Gasteiger partial charge in [-0.05, 0) is 36.5 Å². The van der Waals surface area contributed by atoms with Crippen molar-refractivity contribution in [2.45, 2.75) is 32.5 Å². The maximum atomic E-state index is 12.8. The molecule has 140 valence electrons. The molecule has 1 fully saturated rings. The van der Waals surface area contributed by atoms with Crippen LogP contribution in [0.3, 0.4) is 0 Å². The van der Waals surface area contributed by atoms with Gasteiger partial charge in [-0.25, -0.2) is 4.39 Å². The third-order valence-corrected chi connectivity index (χ3v) is 4.30. The summed E-state index contributed by atoms with van der Waals surface area (Å²) in [7, 11) is 0. The van der Waals surface area contributed by atoms with E-state index in [9.17, 15) is 9.18 Å². The van der Waals surface area contributed by atoms with Gasteiger partial charge in [0.05, 0.1) is 18.7 Å². The molecule has 3 rings (SSSR count). The smallest absolute Gasteiger partial charge is 0.226 e. The minimum Gasteiger partial charge on any atom is -0.381 e. The van der Waals surface area contributed by atoms with E-state index < -0.39 is 0 Å². The molecule has 0 spiro atoms. The van der Waals surface area contributed by atoms with Crippen LogP contribution in [0.15, 0.2) is 34.9 Å². The number of ether oxygens (including phenoxy) is 2. The zero-order valence-electron chi connectivity index (χ0n) is 14.6. The highest BCUT2D eigenvalue weighted by molar-refractivity contribution is 5.78. The van der Waals surface area contributed by atoms with Gasteiger partial charge in [0, 0.05) is 25.8 Å². The summed E-state index contributed by atoms with van der Waals surface area (Å²) in [6.45, 7) is 2.81. The number of nitrogens with zero attached hydrogens (tertiary/aromatic N) is 1. The van der Waals surface area contributed by atoms with Crippen molar-refractivity contribution in [1.29, 1.82) is 0 Å². The Bertz CT molecular complexity index is 696. The van der Waals surface area contributed by atoms with E-state index in [0.29, 0.717) is 30.5 Å². The maximum Gasteiger partial charge on any atom is 0.226 e. The second kappa shape index (κ2) is 9.45. The number of amides is 1. The number of carbonyl (C=O) groups excluding carboxylic acids is 1. The van der Waals surface area contributed by atoms with Crippen LogP contribution in [0.2, 0.25) is 0 Å². The summed E-state index contributed by atoms with van der Waals surface area (Å²) in [6, 6.07) is 7.85. The van der Waals surface area contributed by atoms with E-state index in [1.54, 1.807) is 18.2 Å². The van der Waals surface area contributed by atoms with Crippen LogP contribution in [0.25, 0.3) is 0 Å². The van der Waals surface area contributed by atoms with E-state index in [0.717, 1.165) is 31.6 Å². The average Bonchev–Trinajstić information content (AvgIpc) is 3.10. The molecule has 0 aliphatic carbocycles. The van der Waals surface area contributed by atoms with E-state index in [2.05, 4.69) is 10.5 Å². The number of rotatable bonds is 8. The number of halogens is 1. The highest BCUT2D eigenvalue weighted by Crippen LogP contribution is 2.13. The zero-order valence-corrected chi connectivity index (χ0v) is 14.6. The Hall–Kier alpha value is -2.25. The van der Waals surface area contributed by atoms with Crippen LogP contribution in [-0.4, -0.2) is 30.8 Å². The van der Waals surface area contributed by atoms with E-state index in [4.69, 9.17) is 14.0 Å². The molecule has 2 heterocycles.